The lowest BCUT2D eigenvalue weighted by Crippen LogP contribution is -2.09. The summed E-state index contributed by atoms with van der Waals surface area (Å²) in [5.41, 5.74) is 5.51. The van der Waals surface area contributed by atoms with Crippen LogP contribution in [0.25, 0.3) is 0 Å². The highest BCUT2D eigenvalue weighted by Gasteiger charge is 2.21. The number of carbonyl (C=O) groups excluding carboxylic acids is 1. The summed E-state index contributed by atoms with van der Waals surface area (Å²) < 4.78 is 5.22. The molecule has 1 unspecified atom stereocenters. The van der Waals surface area contributed by atoms with Gasteiger partial charge in [-0.3, -0.25) is 4.79 Å². The zero-order chi connectivity index (χ0) is 29.7. The summed E-state index contributed by atoms with van der Waals surface area (Å²) in [4.78, 5) is 12.1. The van der Waals surface area contributed by atoms with Crippen molar-refractivity contribution in [2.24, 2.45) is 0 Å². The summed E-state index contributed by atoms with van der Waals surface area (Å²) in [7, 11) is 1.51. The lowest BCUT2D eigenvalue weighted by Gasteiger charge is -2.22. The molecule has 0 radical (unpaired) electrons. The van der Waals surface area contributed by atoms with Gasteiger partial charge in [0, 0.05) is 11.5 Å². The van der Waals surface area contributed by atoms with E-state index >= 15 is 0 Å². The monoisotopic (exact) mass is 518 g/mol. The smallest absolute Gasteiger partial charge is 0.160 e. The third-order valence-corrected chi connectivity index (χ3v) is 5.31. The number of Topliss-reactive ketones (excluding diaryl/α,β-unsaturated/α-hetero) is 1. The zero-order valence-corrected chi connectivity index (χ0v) is 25.4. The molecule has 0 saturated heterocycles. The Hall–Kier alpha value is -3.59. The fourth-order valence-corrected chi connectivity index (χ4v) is 3.43. The molecule has 3 heteroatoms. The van der Waals surface area contributed by atoms with Crippen molar-refractivity contribution < 1.29 is 14.6 Å². The highest BCUT2D eigenvalue weighted by Crippen LogP contribution is 2.37. The number of phenolic OH excluding ortho intramolecular Hbond substituents is 1. The second kappa shape index (κ2) is 21.5. The van der Waals surface area contributed by atoms with Crippen molar-refractivity contribution in [3.05, 3.63) is 119 Å². The summed E-state index contributed by atoms with van der Waals surface area (Å²) in [6.45, 7) is 25.6. The van der Waals surface area contributed by atoms with Gasteiger partial charge in [-0.05, 0) is 62.1 Å². The molecule has 0 aromatic heterocycles. The number of rotatable bonds is 8. The minimum absolute atomic E-state index is 0.0737. The minimum Gasteiger partial charge on any atom is -0.504 e. The molecule has 1 atom stereocenters. The summed E-state index contributed by atoms with van der Waals surface area (Å²) in [6, 6.07) is 15.5. The molecule has 0 bridgehead atoms. The molecule has 38 heavy (non-hydrogen) atoms. The number of aryl methyl sites for hydroxylation is 1. The highest BCUT2D eigenvalue weighted by atomic mass is 16.5. The van der Waals surface area contributed by atoms with Gasteiger partial charge in [0.25, 0.3) is 0 Å². The van der Waals surface area contributed by atoms with Crippen LogP contribution in [-0.2, 0) is 4.79 Å². The van der Waals surface area contributed by atoms with Crippen LogP contribution in [0.15, 0.2) is 108 Å². The Balaban J connectivity index is 0. The Labute approximate surface area is 233 Å². The molecule has 2 rings (SSSR count). The van der Waals surface area contributed by atoms with E-state index in [2.05, 4.69) is 46.1 Å². The first-order valence-corrected chi connectivity index (χ1v) is 13.3. The van der Waals surface area contributed by atoms with Crippen molar-refractivity contribution in [3.8, 4) is 11.5 Å². The van der Waals surface area contributed by atoms with Gasteiger partial charge in [0.2, 0.25) is 0 Å². The number of hydrogen-bond donors (Lipinski definition) is 1. The Morgan fingerprint density at radius 2 is 1.63 bits per heavy atom. The van der Waals surface area contributed by atoms with E-state index in [0.717, 1.165) is 22.3 Å². The first-order valence-electron chi connectivity index (χ1n) is 13.3. The number of methoxy groups -OCH3 is 1. The average molecular weight is 519 g/mol. The van der Waals surface area contributed by atoms with Crippen molar-refractivity contribution in [1.82, 2.24) is 0 Å². The van der Waals surface area contributed by atoms with Crippen molar-refractivity contribution in [2.45, 2.75) is 74.7 Å². The lowest BCUT2D eigenvalue weighted by atomic mass is 9.82. The van der Waals surface area contributed by atoms with Crippen LogP contribution >= 0.6 is 0 Å². The van der Waals surface area contributed by atoms with Gasteiger partial charge in [0.1, 0.15) is 0 Å². The van der Waals surface area contributed by atoms with E-state index in [9.17, 15) is 9.90 Å². The van der Waals surface area contributed by atoms with Crippen molar-refractivity contribution in [2.75, 3.05) is 7.11 Å². The molecule has 0 amide bonds. The molecular formula is C35H50O3. The Morgan fingerprint density at radius 1 is 1.08 bits per heavy atom. The number of carbonyl (C=O) groups is 1. The van der Waals surface area contributed by atoms with E-state index in [1.54, 1.807) is 18.2 Å². The van der Waals surface area contributed by atoms with Gasteiger partial charge in [-0.2, -0.15) is 0 Å². The molecule has 2 aromatic rings. The number of aromatic hydroxyl groups is 1. The molecule has 0 aliphatic heterocycles. The number of ketones is 1. The summed E-state index contributed by atoms with van der Waals surface area (Å²) >= 11 is 0. The van der Waals surface area contributed by atoms with Gasteiger partial charge < -0.3 is 9.84 Å². The Bertz CT molecular complexity index is 1070. The molecule has 0 aliphatic carbocycles. The summed E-state index contributed by atoms with van der Waals surface area (Å²) in [5, 5.41) is 9.85. The van der Waals surface area contributed by atoms with Crippen LogP contribution in [-0.4, -0.2) is 18.0 Å². The fraction of sp³-hybridized carbons (Fsp3) is 0.343. The van der Waals surface area contributed by atoms with E-state index in [1.807, 2.05) is 77.1 Å². The predicted molar refractivity (Wildman–Crippen MR) is 167 cm³/mol. The summed E-state index contributed by atoms with van der Waals surface area (Å²) in [5.74, 6) is 0.294. The van der Waals surface area contributed by atoms with Gasteiger partial charge in [-0.15, -0.1) is 0 Å². The van der Waals surface area contributed by atoms with Crippen LogP contribution in [0.5, 0.6) is 11.5 Å². The van der Waals surface area contributed by atoms with E-state index in [-0.39, 0.29) is 17.5 Å². The second-order valence-electron chi connectivity index (χ2n) is 8.45. The summed E-state index contributed by atoms with van der Waals surface area (Å²) in [6.07, 6.45) is 8.81. The Morgan fingerprint density at radius 3 is 2.03 bits per heavy atom. The van der Waals surface area contributed by atoms with Crippen LogP contribution < -0.4 is 4.74 Å². The maximum absolute atomic E-state index is 12.1. The Kier molecular flexibility index (Phi) is 20.7. The number of hydrogen-bond acceptors (Lipinski definition) is 3. The van der Waals surface area contributed by atoms with Gasteiger partial charge in [-0.1, -0.05) is 120 Å². The van der Waals surface area contributed by atoms with Crippen LogP contribution in [0.4, 0.5) is 0 Å². The molecule has 0 heterocycles. The number of ether oxygens (including phenoxy) is 1. The largest absolute Gasteiger partial charge is 0.504 e. The molecule has 3 nitrogen and oxygen atoms in total. The number of phenols is 1. The molecule has 2 aromatic carbocycles. The molecular weight excluding hydrogens is 468 g/mol. The van der Waals surface area contributed by atoms with E-state index in [1.165, 1.54) is 26.0 Å². The van der Waals surface area contributed by atoms with Gasteiger partial charge in [0.15, 0.2) is 17.3 Å². The fourth-order valence-electron chi connectivity index (χ4n) is 3.43. The quantitative estimate of drug-likeness (QED) is 0.279. The number of allylic oxidation sites excluding steroid dienone is 8. The standard InChI is InChI=1S/C23H28O3.C7H8.C3H8.C2H6/c1-8-10-19(11-9-2)16(4)23(15(3)18(6)24)17(5)20-12-13-21(25)22(14-20)26-7;1-7-5-3-2-4-6-7;1-3-2;1-2/h8-14,17,25H,1,3H2,2,4-7H3;2-6H,1H3;3H2,1-2H3;1-2H3/b11-9-,19-10+,23-16-;;;. The second-order valence-corrected chi connectivity index (χ2v) is 8.45. The normalized spacial score (nSPS) is 11.8. The molecule has 0 saturated carbocycles. The van der Waals surface area contributed by atoms with E-state index in [4.69, 9.17) is 4.74 Å². The maximum Gasteiger partial charge on any atom is 0.160 e. The van der Waals surface area contributed by atoms with Crippen molar-refractivity contribution in [1.29, 1.82) is 0 Å². The molecule has 0 aliphatic rings. The third kappa shape index (κ3) is 13.1. The predicted octanol–water partition coefficient (Wildman–Crippen LogP) is 10.1. The molecule has 208 valence electrons. The van der Waals surface area contributed by atoms with E-state index in [0.29, 0.717) is 11.3 Å². The van der Waals surface area contributed by atoms with Crippen LogP contribution in [0.2, 0.25) is 0 Å². The van der Waals surface area contributed by atoms with Crippen LogP contribution in [0.1, 0.15) is 78.9 Å². The first-order chi connectivity index (χ1) is 18.1. The SMILES string of the molecule is C=C/C=C(\C=C/C)C(/C)=C(/C(=C)C(C)=O)C(C)c1ccc(O)c(OC)c1.CC.CCC.Cc1ccccc1. The van der Waals surface area contributed by atoms with Crippen LogP contribution in [0.3, 0.4) is 0 Å². The first kappa shape index (κ1) is 36.6. The zero-order valence-electron chi connectivity index (χ0n) is 25.4. The van der Waals surface area contributed by atoms with Gasteiger partial charge in [-0.25, -0.2) is 0 Å². The average Bonchev–Trinajstić information content (AvgIpc) is 2.91. The van der Waals surface area contributed by atoms with Crippen molar-refractivity contribution in [3.63, 3.8) is 0 Å². The maximum atomic E-state index is 12.1. The number of benzene rings is 2. The minimum atomic E-state index is -0.112. The third-order valence-electron chi connectivity index (χ3n) is 5.31. The molecule has 0 spiro atoms. The van der Waals surface area contributed by atoms with Crippen LogP contribution in [0, 0.1) is 6.92 Å². The van der Waals surface area contributed by atoms with Gasteiger partial charge in [0.05, 0.1) is 7.11 Å². The lowest BCUT2D eigenvalue weighted by molar-refractivity contribution is -0.113. The highest BCUT2D eigenvalue weighted by molar-refractivity contribution is 5.98. The molecule has 0 fully saturated rings. The van der Waals surface area contributed by atoms with E-state index < -0.39 is 0 Å². The van der Waals surface area contributed by atoms with Gasteiger partial charge >= 0.3 is 0 Å². The van der Waals surface area contributed by atoms with Crippen molar-refractivity contribution >= 4 is 5.78 Å². The topological polar surface area (TPSA) is 46.5 Å². The molecule has 1 N–H and O–H groups in total.